The summed E-state index contributed by atoms with van der Waals surface area (Å²) < 4.78 is 0. The summed E-state index contributed by atoms with van der Waals surface area (Å²) in [6.45, 7) is 0.546. The first kappa shape index (κ1) is 5.28. The Labute approximate surface area is 57.0 Å². The van der Waals surface area contributed by atoms with Gasteiger partial charge in [0.05, 0.1) is 19.1 Å². The summed E-state index contributed by atoms with van der Waals surface area (Å²) in [6.07, 6.45) is 3.02. The van der Waals surface area contributed by atoms with Crippen LogP contribution < -0.4 is 5.32 Å². The molecule has 2 rings (SSSR count). The lowest BCUT2D eigenvalue weighted by atomic mass is 10.3. The maximum atomic E-state index is 10.7. The predicted molar refractivity (Wildman–Crippen MR) is 36.8 cm³/mol. The Morgan fingerprint density at radius 2 is 2.60 bits per heavy atom. The first-order valence-corrected chi connectivity index (χ1v) is 2.87. The van der Waals surface area contributed by atoms with Crippen molar-refractivity contribution in [3.63, 3.8) is 0 Å². The number of nitrogens with one attached hydrogen (secondary N) is 1. The van der Waals surface area contributed by atoms with Crippen LogP contribution in [0.2, 0.25) is 0 Å². The van der Waals surface area contributed by atoms with Crippen molar-refractivity contribution in [2.75, 3.05) is 5.32 Å². The molecule has 0 saturated heterocycles. The zero-order valence-electron chi connectivity index (χ0n) is 5.11. The van der Waals surface area contributed by atoms with Gasteiger partial charge >= 0.3 is 0 Å². The number of hydrogen-bond donors (Lipinski definition) is 1. The van der Waals surface area contributed by atoms with E-state index in [4.69, 9.17) is 0 Å². The van der Waals surface area contributed by atoms with Gasteiger partial charge in [-0.05, 0) is 0 Å². The SMILES string of the molecule is [O-]n1ncc2c1NC=NC2. The Morgan fingerprint density at radius 3 is 3.40 bits per heavy atom. The smallest absolute Gasteiger partial charge is 0.130 e. The van der Waals surface area contributed by atoms with Gasteiger partial charge in [0.1, 0.15) is 5.82 Å². The number of nitrogens with zero attached hydrogens (tertiary/aromatic N) is 3. The molecule has 0 radical (unpaired) electrons. The molecule has 0 unspecified atom stereocenters. The Balaban J connectivity index is 2.50. The van der Waals surface area contributed by atoms with Crippen LogP contribution in [0.4, 0.5) is 5.82 Å². The summed E-state index contributed by atoms with van der Waals surface area (Å²) in [5, 5.41) is 17.0. The van der Waals surface area contributed by atoms with E-state index in [9.17, 15) is 5.21 Å². The third kappa shape index (κ3) is 0.570. The molecule has 0 aliphatic carbocycles. The van der Waals surface area contributed by atoms with E-state index >= 15 is 0 Å². The fourth-order valence-corrected chi connectivity index (χ4v) is 0.878. The van der Waals surface area contributed by atoms with Crippen LogP contribution in [0.5, 0.6) is 0 Å². The van der Waals surface area contributed by atoms with Gasteiger partial charge in [-0.25, -0.2) is 0 Å². The third-order valence-electron chi connectivity index (χ3n) is 1.37. The third-order valence-corrected chi connectivity index (χ3v) is 1.37. The van der Waals surface area contributed by atoms with Crippen molar-refractivity contribution in [2.45, 2.75) is 6.54 Å². The normalized spacial score (nSPS) is 14.4. The second-order valence-corrected chi connectivity index (χ2v) is 2.01. The quantitative estimate of drug-likeness (QED) is 0.554. The molecule has 0 atom stereocenters. The molecule has 0 aromatic carbocycles. The molecule has 1 aliphatic heterocycles. The lowest BCUT2D eigenvalue weighted by molar-refractivity contribution is 0.896. The summed E-state index contributed by atoms with van der Waals surface area (Å²) >= 11 is 0. The van der Waals surface area contributed by atoms with Crippen molar-refractivity contribution < 1.29 is 0 Å². The van der Waals surface area contributed by atoms with Crippen LogP contribution in [0.1, 0.15) is 5.56 Å². The Bertz CT molecular complexity index is 277. The van der Waals surface area contributed by atoms with Crippen LogP contribution in [0.25, 0.3) is 0 Å². The predicted octanol–water partition coefficient (Wildman–Crippen LogP) is 0.183. The van der Waals surface area contributed by atoms with Crippen molar-refractivity contribution in [1.29, 1.82) is 0 Å². The molecule has 0 bridgehead atoms. The second kappa shape index (κ2) is 1.73. The number of aliphatic imine (C=N–C) groups is 1. The fraction of sp³-hybridized carbons (Fsp3) is 0.200. The Kier molecular flexibility index (Phi) is 0.913. The molecule has 0 spiro atoms. The van der Waals surface area contributed by atoms with Gasteiger partial charge in [0.15, 0.2) is 0 Å². The lowest BCUT2D eigenvalue weighted by Crippen LogP contribution is -2.06. The minimum Gasteiger partial charge on any atom is -0.789 e. The van der Waals surface area contributed by atoms with E-state index in [2.05, 4.69) is 15.4 Å². The summed E-state index contributed by atoms with van der Waals surface area (Å²) in [6, 6.07) is 0. The number of aromatic nitrogens is 2. The van der Waals surface area contributed by atoms with E-state index in [1.54, 1.807) is 0 Å². The molecular formula is C5H5N4O-. The van der Waals surface area contributed by atoms with Gasteiger partial charge in [0.25, 0.3) is 0 Å². The van der Waals surface area contributed by atoms with Gasteiger partial charge in [-0.1, -0.05) is 0 Å². The molecule has 52 valence electrons. The van der Waals surface area contributed by atoms with Gasteiger partial charge in [0.2, 0.25) is 0 Å². The maximum absolute atomic E-state index is 10.7. The minimum absolute atomic E-state index is 0.495. The van der Waals surface area contributed by atoms with E-state index in [0.29, 0.717) is 17.2 Å². The molecule has 10 heavy (non-hydrogen) atoms. The topological polar surface area (TPSA) is 65.3 Å². The van der Waals surface area contributed by atoms with Crippen molar-refractivity contribution in [1.82, 2.24) is 9.94 Å². The van der Waals surface area contributed by atoms with Crippen molar-refractivity contribution >= 4 is 12.2 Å². The number of fused-ring (bicyclic) bond motifs is 1. The summed E-state index contributed by atoms with van der Waals surface area (Å²) in [5.74, 6) is 0.495. The van der Waals surface area contributed by atoms with Gasteiger partial charge in [0, 0.05) is 5.56 Å². The highest BCUT2D eigenvalue weighted by Gasteiger charge is 2.06. The summed E-state index contributed by atoms with van der Waals surface area (Å²) in [7, 11) is 0. The average molecular weight is 137 g/mol. The zero-order valence-corrected chi connectivity index (χ0v) is 5.11. The minimum atomic E-state index is 0.495. The van der Waals surface area contributed by atoms with Crippen molar-refractivity contribution in [2.24, 2.45) is 4.99 Å². The van der Waals surface area contributed by atoms with E-state index in [-0.39, 0.29) is 0 Å². The largest absolute Gasteiger partial charge is 0.789 e. The van der Waals surface area contributed by atoms with Crippen LogP contribution in [-0.2, 0) is 6.54 Å². The molecule has 1 aromatic rings. The van der Waals surface area contributed by atoms with E-state index in [1.807, 2.05) is 0 Å². The summed E-state index contributed by atoms with van der Waals surface area (Å²) in [4.78, 5) is 4.46. The highest BCUT2D eigenvalue weighted by molar-refractivity contribution is 5.77. The lowest BCUT2D eigenvalue weighted by Gasteiger charge is -2.12. The monoisotopic (exact) mass is 137 g/mol. The zero-order chi connectivity index (χ0) is 6.97. The molecule has 0 amide bonds. The van der Waals surface area contributed by atoms with Gasteiger partial charge in [-0.3, -0.25) is 9.84 Å². The van der Waals surface area contributed by atoms with Crippen LogP contribution >= 0.6 is 0 Å². The second-order valence-electron chi connectivity index (χ2n) is 2.01. The van der Waals surface area contributed by atoms with E-state index in [0.717, 1.165) is 5.56 Å². The molecule has 5 nitrogen and oxygen atoms in total. The number of rotatable bonds is 0. The first-order valence-electron chi connectivity index (χ1n) is 2.87. The van der Waals surface area contributed by atoms with Crippen molar-refractivity contribution in [3.8, 4) is 0 Å². The highest BCUT2D eigenvalue weighted by Crippen LogP contribution is 2.16. The number of hydrogen-bond acceptors (Lipinski definition) is 4. The Hall–Kier alpha value is -1.52. The van der Waals surface area contributed by atoms with E-state index in [1.165, 1.54) is 12.5 Å². The van der Waals surface area contributed by atoms with Crippen LogP contribution in [0.3, 0.4) is 0 Å². The molecule has 5 heteroatoms. The van der Waals surface area contributed by atoms with Crippen molar-refractivity contribution in [3.05, 3.63) is 17.0 Å². The average Bonchev–Trinajstić information content (AvgIpc) is 2.34. The van der Waals surface area contributed by atoms with Crippen LogP contribution in [-0.4, -0.2) is 16.3 Å². The molecule has 1 aromatic heterocycles. The van der Waals surface area contributed by atoms with Crippen LogP contribution in [0.15, 0.2) is 11.2 Å². The van der Waals surface area contributed by atoms with Crippen LogP contribution in [0, 0.1) is 5.21 Å². The Morgan fingerprint density at radius 1 is 1.70 bits per heavy atom. The fourth-order valence-electron chi connectivity index (χ4n) is 0.878. The molecule has 2 heterocycles. The van der Waals surface area contributed by atoms with E-state index < -0.39 is 0 Å². The van der Waals surface area contributed by atoms with Gasteiger partial charge in [-0.15, -0.1) is 0 Å². The molecule has 0 fully saturated rings. The van der Waals surface area contributed by atoms with Gasteiger partial charge in [-0.2, -0.15) is 5.10 Å². The molecule has 1 N–H and O–H groups in total. The molecule has 0 saturated carbocycles. The van der Waals surface area contributed by atoms with Gasteiger partial charge < -0.3 is 10.5 Å². The number of anilines is 1. The molecule has 1 aliphatic rings. The molecular weight excluding hydrogens is 132 g/mol. The standard InChI is InChI=1S/C5H5N4O/c10-9-5-4(2-8-9)1-6-3-7-5/h2-3H,1H2,(H,6,7)/q-1. The summed E-state index contributed by atoms with van der Waals surface area (Å²) in [5.41, 5.74) is 0.845. The highest BCUT2D eigenvalue weighted by atomic mass is 16.5. The first-order chi connectivity index (χ1) is 4.88. The maximum Gasteiger partial charge on any atom is 0.130 e.